The summed E-state index contributed by atoms with van der Waals surface area (Å²) in [4.78, 5) is 4.73. The van der Waals surface area contributed by atoms with E-state index in [4.69, 9.17) is 9.72 Å². The van der Waals surface area contributed by atoms with Gasteiger partial charge in [-0.2, -0.15) is 0 Å². The van der Waals surface area contributed by atoms with Crippen molar-refractivity contribution in [3.05, 3.63) is 81.8 Å². The predicted octanol–water partition coefficient (Wildman–Crippen LogP) is 4.60. The first kappa shape index (κ1) is 15.8. The molecular weight excluding hydrogens is 352 g/mol. The molecule has 1 aromatic heterocycles. The number of methoxy groups -OCH3 is 1. The molecule has 4 heteroatoms. The van der Waals surface area contributed by atoms with Gasteiger partial charge in [-0.15, -0.1) is 0 Å². The van der Waals surface area contributed by atoms with Crippen molar-refractivity contribution in [2.75, 3.05) is 7.11 Å². The molecule has 0 fully saturated rings. The zero-order valence-corrected chi connectivity index (χ0v) is 14.9. The standard InChI is InChI=1S/C19H19BrN2O/c1-14-19(20)22(13-16-8-10-17(23-2)11-9-16)18(21-14)12-15-6-4-3-5-7-15/h3-11H,12-13H2,1-2H3. The number of benzene rings is 2. The maximum atomic E-state index is 5.22. The molecular formula is C19H19BrN2O. The Labute approximate surface area is 145 Å². The molecule has 0 aliphatic heterocycles. The molecule has 0 atom stereocenters. The normalized spacial score (nSPS) is 10.7. The van der Waals surface area contributed by atoms with Crippen molar-refractivity contribution in [1.29, 1.82) is 0 Å². The van der Waals surface area contributed by atoms with Gasteiger partial charge in [-0.3, -0.25) is 0 Å². The minimum Gasteiger partial charge on any atom is -0.497 e. The second-order valence-corrected chi connectivity index (χ2v) is 6.25. The average molecular weight is 371 g/mol. The van der Waals surface area contributed by atoms with Gasteiger partial charge >= 0.3 is 0 Å². The van der Waals surface area contributed by atoms with E-state index in [2.05, 4.69) is 56.9 Å². The maximum absolute atomic E-state index is 5.22. The molecule has 3 aromatic rings. The predicted molar refractivity (Wildman–Crippen MR) is 96.0 cm³/mol. The molecule has 3 nitrogen and oxygen atoms in total. The third-order valence-corrected chi connectivity index (χ3v) is 4.85. The summed E-state index contributed by atoms with van der Waals surface area (Å²) in [7, 11) is 1.68. The molecule has 0 saturated heterocycles. The highest BCUT2D eigenvalue weighted by molar-refractivity contribution is 9.10. The molecule has 0 bridgehead atoms. The van der Waals surface area contributed by atoms with Crippen LogP contribution in [0.5, 0.6) is 5.75 Å². The van der Waals surface area contributed by atoms with Gasteiger partial charge in [0, 0.05) is 13.0 Å². The minimum atomic E-state index is 0.785. The Hall–Kier alpha value is -2.07. The van der Waals surface area contributed by atoms with E-state index < -0.39 is 0 Å². The van der Waals surface area contributed by atoms with Crippen LogP contribution in [0.1, 0.15) is 22.6 Å². The highest BCUT2D eigenvalue weighted by Gasteiger charge is 2.13. The second kappa shape index (κ2) is 7.01. The van der Waals surface area contributed by atoms with Crippen LogP contribution in [-0.4, -0.2) is 16.7 Å². The highest BCUT2D eigenvalue weighted by Crippen LogP contribution is 2.22. The van der Waals surface area contributed by atoms with Crippen LogP contribution >= 0.6 is 15.9 Å². The van der Waals surface area contributed by atoms with E-state index in [1.807, 2.05) is 25.1 Å². The van der Waals surface area contributed by atoms with Crippen molar-refractivity contribution in [2.24, 2.45) is 0 Å². The fraction of sp³-hybridized carbons (Fsp3) is 0.211. The molecule has 0 amide bonds. The Balaban J connectivity index is 1.88. The van der Waals surface area contributed by atoms with Crippen LogP contribution in [0.15, 0.2) is 59.2 Å². The van der Waals surface area contributed by atoms with Crippen molar-refractivity contribution in [3.63, 3.8) is 0 Å². The van der Waals surface area contributed by atoms with E-state index >= 15 is 0 Å². The lowest BCUT2D eigenvalue weighted by atomic mass is 10.1. The van der Waals surface area contributed by atoms with Crippen LogP contribution in [0.3, 0.4) is 0 Å². The summed E-state index contributed by atoms with van der Waals surface area (Å²) in [5, 5.41) is 0. The topological polar surface area (TPSA) is 27.1 Å². The monoisotopic (exact) mass is 370 g/mol. The molecule has 0 spiro atoms. The fourth-order valence-electron chi connectivity index (χ4n) is 2.60. The zero-order chi connectivity index (χ0) is 16.2. The number of hydrogen-bond donors (Lipinski definition) is 0. The minimum absolute atomic E-state index is 0.785. The van der Waals surface area contributed by atoms with Crippen LogP contribution in [0.25, 0.3) is 0 Å². The summed E-state index contributed by atoms with van der Waals surface area (Å²) >= 11 is 3.68. The molecule has 0 unspecified atom stereocenters. The second-order valence-electron chi connectivity index (χ2n) is 5.50. The van der Waals surface area contributed by atoms with Gasteiger partial charge in [-0.1, -0.05) is 42.5 Å². The van der Waals surface area contributed by atoms with Crippen LogP contribution in [0, 0.1) is 6.92 Å². The number of halogens is 1. The van der Waals surface area contributed by atoms with Crippen molar-refractivity contribution < 1.29 is 4.74 Å². The van der Waals surface area contributed by atoms with Gasteiger partial charge < -0.3 is 9.30 Å². The van der Waals surface area contributed by atoms with E-state index in [0.717, 1.165) is 34.8 Å². The molecule has 0 saturated carbocycles. The summed E-state index contributed by atoms with van der Waals surface area (Å²) in [6.45, 7) is 2.82. The molecule has 118 valence electrons. The van der Waals surface area contributed by atoms with Crippen LogP contribution in [0.2, 0.25) is 0 Å². The number of imidazole rings is 1. The molecule has 0 aliphatic carbocycles. The van der Waals surface area contributed by atoms with E-state index in [9.17, 15) is 0 Å². The molecule has 0 N–H and O–H groups in total. The quantitative estimate of drug-likeness (QED) is 0.655. The number of aromatic nitrogens is 2. The smallest absolute Gasteiger partial charge is 0.118 e. The van der Waals surface area contributed by atoms with Crippen molar-refractivity contribution in [3.8, 4) is 5.75 Å². The number of aryl methyl sites for hydroxylation is 1. The number of nitrogens with zero attached hydrogens (tertiary/aromatic N) is 2. The Morgan fingerprint density at radius 3 is 2.35 bits per heavy atom. The first-order chi connectivity index (χ1) is 11.2. The van der Waals surface area contributed by atoms with E-state index in [-0.39, 0.29) is 0 Å². The fourth-order valence-corrected chi connectivity index (χ4v) is 3.01. The molecule has 2 aromatic carbocycles. The summed E-state index contributed by atoms with van der Waals surface area (Å²) in [5.41, 5.74) is 3.50. The van der Waals surface area contributed by atoms with Crippen LogP contribution < -0.4 is 4.74 Å². The summed E-state index contributed by atoms with van der Waals surface area (Å²) in [5.74, 6) is 1.94. The zero-order valence-electron chi connectivity index (χ0n) is 13.3. The number of ether oxygens (including phenoxy) is 1. The molecule has 0 aliphatic rings. The van der Waals surface area contributed by atoms with Crippen LogP contribution in [-0.2, 0) is 13.0 Å². The maximum Gasteiger partial charge on any atom is 0.118 e. The van der Waals surface area contributed by atoms with E-state index in [0.29, 0.717) is 0 Å². The van der Waals surface area contributed by atoms with Gasteiger partial charge in [0.25, 0.3) is 0 Å². The number of hydrogen-bond acceptors (Lipinski definition) is 2. The first-order valence-electron chi connectivity index (χ1n) is 7.55. The van der Waals surface area contributed by atoms with Crippen molar-refractivity contribution in [2.45, 2.75) is 19.9 Å². The Bertz CT molecular complexity index is 779. The van der Waals surface area contributed by atoms with Crippen molar-refractivity contribution >= 4 is 15.9 Å². The Morgan fingerprint density at radius 1 is 1.00 bits per heavy atom. The molecule has 3 rings (SSSR count). The van der Waals surface area contributed by atoms with Crippen molar-refractivity contribution in [1.82, 2.24) is 9.55 Å². The van der Waals surface area contributed by atoms with Crippen LogP contribution in [0.4, 0.5) is 0 Å². The molecule has 0 radical (unpaired) electrons. The summed E-state index contributed by atoms with van der Waals surface area (Å²) in [6.07, 6.45) is 0.823. The third kappa shape index (κ3) is 3.64. The largest absolute Gasteiger partial charge is 0.497 e. The van der Waals surface area contributed by atoms with Gasteiger partial charge in [-0.25, -0.2) is 4.98 Å². The average Bonchev–Trinajstić information content (AvgIpc) is 2.84. The number of rotatable bonds is 5. The van der Waals surface area contributed by atoms with Gasteiger partial charge in [0.05, 0.1) is 12.8 Å². The van der Waals surface area contributed by atoms with Gasteiger partial charge in [0.2, 0.25) is 0 Å². The Kier molecular flexibility index (Phi) is 4.82. The molecule has 23 heavy (non-hydrogen) atoms. The lowest BCUT2D eigenvalue weighted by molar-refractivity contribution is 0.414. The SMILES string of the molecule is COc1ccc(Cn2c(Cc3ccccc3)nc(C)c2Br)cc1. The Morgan fingerprint density at radius 2 is 1.70 bits per heavy atom. The van der Waals surface area contributed by atoms with Gasteiger partial charge in [0.1, 0.15) is 16.2 Å². The van der Waals surface area contributed by atoms with Gasteiger partial charge in [0.15, 0.2) is 0 Å². The summed E-state index contributed by atoms with van der Waals surface area (Å²) < 4.78 is 8.49. The lowest BCUT2D eigenvalue weighted by Crippen LogP contribution is -2.06. The first-order valence-corrected chi connectivity index (χ1v) is 8.35. The molecule has 1 heterocycles. The third-order valence-electron chi connectivity index (χ3n) is 3.85. The summed E-state index contributed by atoms with van der Waals surface area (Å²) in [6, 6.07) is 18.6. The van der Waals surface area contributed by atoms with Gasteiger partial charge in [-0.05, 0) is 46.1 Å². The highest BCUT2D eigenvalue weighted by atomic mass is 79.9. The van der Waals surface area contributed by atoms with E-state index in [1.165, 1.54) is 11.1 Å². The van der Waals surface area contributed by atoms with E-state index in [1.54, 1.807) is 7.11 Å². The lowest BCUT2D eigenvalue weighted by Gasteiger charge is -2.10.